The van der Waals surface area contributed by atoms with Crippen molar-refractivity contribution in [1.82, 2.24) is 15.6 Å². The third kappa shape index (κ3) is 3.98. The molecule has 0 heterocycles. The van der Waals surface area contributed by atoms with Gasteiger partial charge in [-0.3, -0.25) is 20.4 Å². The Morgan fingerprint density at radius 1 is 0.917 bits per heavy atom. The molecule has 7 nitrogen and oxygen atoms in total. The molecular weight excluding hydrogens is 330 g/mol. The normalized spacial score (nSPS) is 10.9. The predicted octanol–water partition coefficient (Wildman–Crippen LogP) is 0.978. The summed E-state index contributed by atoms with van der Waals surface area (Å²) in [6, 6.07) is 12.6. The van der Waals surface area contributed by atoms with Crippen LogP contribution in [0.15, 0.2) is 53.4 Å². The number of carbonyl (C=O) groups excluding carboxylic acids is 2. The van der Waals surface area contributed by atoms with E-state index >= 15 is 0 Å². The number of sulfonamides is 1. The molecule has 0 bridgehead atoms. The minimum Gasteiger partial charge on any atom is -0.267 e. The molecule has 0 saturated carbocycles. The maximum absolute atomic E-state index is 12.2. The predicted molar refractivity (Wildman–Crippen MR) is 88.8 cm³/mol. The topological polar surface area (TPSA) is 104 Å². The van der Waals surface area contributed by atoms with Gasteiger partial charge in [-0.1, -0.05) is 24.3 Å². The summed E-state index contributed by atoms with van der Waals surface area (Å²) in [5.74, 6) is -1.08. The number of aryl methyl sites for hydroxylation is 1. The van der Waals surface area contributed by atoms with E-state index < -0.39 is 21.8 Å². The Morgan fingerprint density at radius 2 is 1.54 bits per heavy atom. The molecule has 2 aromatic carbocycles. The molecular formula is C16H17N3O4S. The lowest BCUT2D eigenvalue weighted by Crippen LogP contribution is -2.41. The second-order valence-corrected chi connectivity index (χ2v) is 6.85. The monoisotopic (exact) mass is 347 g/mol. The Morgan fingerprint density at radius 3 is 2.17 bits per heavy atom. The van der Waals surface area contributed by atoms with Crippen molar-refractivity contribution >= 4 is 21.8 Å². The molecule has 0 radical (unpaired) electrons. The van der Waals surface area contributed by atoms with Gasteiger partial charge in [0.05, 0.1) is 4.90 Å². The summed E-state index contributed by atoms with van der Waals surface area (Å²) >= 11 is 0. The van der Waals surface area contributed by atoms with Gasteiger partial charge >= 0.3 is 0 Å². The summed E-state index contributed by atoms with van der Waals surface area (Å²) in [6.07, 6.45) is 0. The van der Waals surface area contributed by atoms with Crippen LogP contribution in [0.2, 0.25) is 0 Å². The zero-order valence-electron chi connectivity index (χ0n) is 13.2. The summed E-state index contributed by atoms with van der Waals surface area (Å²) < 4.78 is 25.8. The molecule has 0 aliphatic carbocycles. The second-order valence-electron chi connectivity index (χ2n) is 4.96. The Balaban J connectivity index is 2.15. The first-order valence-corrected chi connectivity index (χ1v) is 8.53. The lowest BCUT2D eigenvalue weighted by Gasteiger charge is -2.11. The van der Waals surface area contributed by atoms with Gasteiger partial charge in [0, 0.05) is 11.1 Å². The molecule has 24 heavy (non-hydrogen) atoms. The highest BCUT2D eigenvalue weighted by Gasteiger charge is 2.17. The molecule has 8 heteroatoms. The lowest BCUT2D eigenvalue weighted by atomic mass is 10.1. The first-order valence-electron chi connectivity index (χ1n) is 7.05. The van der Waals surface area contributed by atoms with Crippen molar-refractivity contribution in [3.8, 4) is 0 Å². The van der Waals surface area contributed by atoms with Gasteiger partial charge in [0.15, 0.2) is 0 Å². The Bertz CT molecular complexity index is 864. The lowest BCUT2D eigenvalue weighted by molar-refractivity contribution is 0.0846. The van der Waals surface area contributed by atoms with Crippen LogP contribution in [-0.4, -0.2) is 27.3 Å². The standard InChI is InChI=1S/C16H17N3O4S/c1-11-8-9-13(24(22,23)17-2)10-14(11)16(21)19-18-15(20)12-6-4-3-5-7-12/h3-10,17H,1-2H3,(H,18,20)(H,19,21). The molecule has 0 saturated heterocycles. The Hall–Kier alpha value is -2.71. The van der Waals surface area contributed by atoms with Crippen LogP contribution < -0.4 is 15.6 Å². The molecule has 0 atom stereocenters. The van der Waals surface area contributed by atoms with Crippen molar-refractivity contribution in [2.45, 2.75) is 11.8 Å². The Labute approximate surface area is 140 Å². The van der Waals surface area contributed by atoms with E-state index in [4.69, 9.17) is 0 Å². The van der Waals surface area contributed by atoms with Crippen molar-refractivity contribution in [2.75, 3.05) is 7.05 Å². The molecule has 0 fully saturated rings. The smallest absolute Gasteiger partial charge is 0.267 e. The van der Waals surface area contributed by atoms with Gasteiger partial charge < -0.3 is 0 Å². The van der Waals surface area contributed by atoms with E-state index in [1.165, 1.54) is 25.2 Å². The molecule has 3 N–H and O–H groups in total. The van der Waals surface area contributed by atoms with Crippen molar-refractivity contribution < 1.29 is 18.0 Å². The summed E-state index contributed by atoms with van der Waals surface area (Å²) in [5.41, 5.74) is 5.70. The van der Waals surface area contributed by atoms with E-state index in [-0.39, 0.29) is 10.5 Å². The van der Waals surface area contributed by atoms with Gasteiger partial charge in [-0.25, -0.2) is 13.1 Å². The number of hydrazine groups is 1. The summed E-state index contributed by atoms with van der Waals surface area (Å²) in [4.78, 5) is 24.1. The first-order chi connectivity index (χ1) is 11.3. The average Bonchev–Trinajstić information content (AvgIpc) is 2.60. The van der Waals surface area contributed by atoms with Crippen molar-refractivity contribution in [3.63, 3.8) is 0 Å². The average molecular weight is 347 g/mol. The van der Waals surface area contributed by atoms with E-state index in [2.05, 4.69) is 15.6 Å². The van der Waals surface area contributed by atoms with Gasteiger partial charge in [0.25, 0.3) is 11.8 Å². The zero-order valence-corrected chi connectivity index (χ0v) is 14.0. The molecule has 0 unspecified atom stereocenters. The third-order valence-corrected chi connectivity index (χ3v) is 4.77. The highest BCUT2D eigenvalue weighted by Crippen LogP contribution is 2.15. The number of amides is 2. The van der Waals surface area contributed by atoms with Crippen molar-refractivity contribution in [3.05, 3.63) is 65.2 Å². The highest BCUT2D eigenvalue weighted by atomic mass is 32.2. The van der Waals surface area contributed by atoms with E-state index in [1.807, 2.05) is 0 Å². The van der Waals surface area contributed by atoms with Crippen LogP contribution in [0.1, 0.15) is 26.3 Å². The molecule has 2 aromatic rings. The van der Waals surface area contributed by atoms with Gasteiger partial charge in [-0.2, -0.15) is 0 Å². The van der Waals surface area contributed by atoms with Gasteiger partial charge in [-0.15, -0.1) is 0 Å². The van der Waals surface area contributed by atoms with Crippen LogP contribution >= 0.6 is 0 Å². The molecule has 2 amide bonds. The molecule has 0 aliphatic heterocycles. The molecule has 0 aliphatic rings. The van der Waals surface area contributed by atoms with Crippen LogP contribution in [-0.2, 0) is 10.0 Å². The summed E-state index contributed by atoms with van der Waals surface area (Å²) in [5, 5.41) is 0. The first kappa shape index (κ1) is 17.6. The largest absolute Gasteiger partial charge is 0.270 e. The number of benzene rings is 2. The van der Waals surface area contributed by atoms with E-state index in [0.717, 1.165) is 0 Å². The second kappa shape index (κ2) is 7.24. The zero-order chi connectivity index (χ0) is 17.7. The van der Waals surface area contributed by atoms with Crippen LogP contribution in [0, 0.1) is 6.92 Å². The van der Waals surface area contributed by atoms with Gasteiger partial charge in [-0.05, 0) is 43.8 Å². The molecule has 2 rings (SSSR count). The molecule has 0 spiro atoms. The van der Waals surface area contributed by atoms with Crippen LogP contribution in [0.25, 0.3) is 0 Å². The fourth-order valence-corrected chi connectivity index (χ4v) is 2.73. The fourth-order valence-electron chi connectivity index (χ4n) is 1.97. The summed E-state index contributed by atoms with van der Waals surface area (Å²) in [7, 11) is -2.38. The SMILES string of the molecule is CNS(=O)(=O)c1ccc(C)c(C(=O)NNC(=O)c2ccccc2)c1. The van der Waals surface area contributed by atoms with Crippen molar-refractivity contribution in [2.24, 2.45) is 0 Å². The maximum Gasteiger partial charge on any atom is 0.270 e. The van der Waals surface area contributed by atoms with Crippen molar-refractivity contribution in [1.29, 1.82) is 0 Å². The van der Waals surface area contributed by atoms with Gasteiger partial charge in [0.2, 0.25) is 10.0 Å². The van der Waals surface area contributed by atoms with E-state index in [9.17, 15) is 18.0 Å². The number of nitrogens with one attached hydrogen (secondary N) is 3. The van der Waals surface area contributed by atoms with Crippen LogP contribution in [0.3, 0.4) is 0 Å². The maximum atomic E-state index is 12.2. The third-order valence-electron chi connectivity index (χ3n) is 3.36. The Kier molecular flexibility index (Phi) is 5.32. The van der Waals surface area contributed by atoms with E-state index in [0.29, 0.717) is 11.1 Å². The quantitative estimate of drug-likeness (QED) is 0.717. The number of hydrogen-bond acceptors (Lipinski definition) is 4. The number of rotatable bonds is 4. The van der Waals surface area contributed by atoms with Gasteiger partial charge in [0.1, 0.15) is 0 Å². The fraction of sp³-hybridized carbons (Fsp3) is 0.125. The van der Waals surface area contributed by atoms with E-state index in [1.54, 1.807) is 37.3 Å². The molecule has 126 valence electrons. The number of carbonyl (C=O) groups is 2. The number of hydrogen-bond donors (Lipinski definition) is 3. The molecule has 0 aromatic heterocycles. The van der Waals surface area contributed by atoms with Crippen LogP contribution in [0.4, 0.5) is 0 Å². The minimum atomic E-state index is -3.66. The highest BCUT2D eigenvalue weighted by molar-refractivity contribution is 7.89. The minimum absolute atomic E-state index is 0.0323. The van der Waals surface area contributed by atoms with Crippen LogP contribution in [0.5, 0.6) is 0 Å². The summed E-state index contributed by atoms with van der Waals surface area (Å²) in [6.45, 7) is 1.67.